The quantitative estimate of drug-likeness (QED) is 0.718. The Morgan fingerprint density at radius 1 is 0.950 bits per heavy atom. The first-order valence-corrected chi connectivity index (χ1v) is 6.22. The summed E-state index contributed by atoms with van der Waals surface area (Å²) >= 11 is 0. The fourth-order valence-electron chi connectivity index (χ4n) is 2.06. The van der Waals surface area contributed by atoms with Crippen molar-refractivity contribution in [1.29, 1.82) is 0 Å². The van der Waals surface area contributed by atoms with Crippen LogP contribution >= 0.6 is 0 Å². The van der Waals surface area contributed by atoms with Crippen LogP contribution < -0.4 is 5.63 Å². The largest absolute Gasteiger partial charge is 0.508 e. The maximum atomic E-state index is 11.5. The lowest BCUT2D eigenvalue weighted by Crippen LogP contribution is -1.97. The topological polar surface area (TPSA) is 50.4 Å². The molecule has 0 aliphatic carbocycles. The lowest BCUT2D eigenvalue weighted by atomic mass is 10.1. The molecule has 1 aromatic heterocycles. The molecule has 0 amide bonds. The molecule has 0 spiro atoms. The number of benzene rings is 2. The van der Waals surface area contributed by atoms with Crippen molar-refractivity contribution in [2.75, 3.05) is 0 Å². The van der Waals surface area contributed by atoms with Gasteiger partial charge in [0, 0.05) is 17.5 Å². The molecular weight excluding hydrogens is 252 g/mol. The second-order valence-corrected chi connectivity index (χ2v) is 4.45. The summed E-state index contributed by atoms with van der Waals surface area (Å²) in [6, 6.07) is 16.0. The minimum absolute atomic E-state index is 0.0739. The van der Waals surface area contributed by atoms with Crippen LogP contribution in [-0.4, -0.2) is 5.11 Å². The average molecular weight is 264 g/mol. The average Bonchev–Trinajstić information content (AvgIpc) is 2.45. The van der Waals surface area contributed by atoms with Gasteiger partial charge in [-0.1, -0.05) is 42.5 Å². The van der Waals surface area contributed by atoms with E-state index in [0.29, 0.717) is 5.58 Å². The van der Waals surface area contributed by atoms with Crippen LogP contribution in [-0.2, 0) is 0 Å². The summed E-state index contributed by atoms with van der Waals surface area (Å²) in [6.45, 7) is 0. The van der Waals surface area contributed by atoms with E-state index in [1.165, 1.54) is 12.1 Å². The third-order valence-corrected chi connectivity index (χ3v) is 3.02. The molecule has 0 bridgehead atoms. The van der Waals surface area contributed by atoms with Gasteiger partial charge in [-0.25, -0.2) is 4.79 Å². The standard InChI is InChI=1S/C17H12O3/c18-14-8-9-15-13(10-17(19)20-16(15)11-14)7-6-12-4-2-1-3-5-12/h1-11,18H/b7-6+. The number of fused-ring (bicyclic) bond motifs is 1. The zero-order valence-corrected chi connectivity index (χ0v) is 10.6. The van der Waals surface area contributed by atoms with Gasteiger partial charge in [0.25, 0.3) is 0 Å². The molecule has 0 radical (unpaired) electrons. The minimum Gasteiger partial charge on any atom is -0.508 e. The third kappa shape index (κ3) is 2.47. The smallest absolute Gasteiger partial charge is 0.336 e. The van der Waals surface area contributed by atoms with Crippen LogP contribution in [0.1, 0.15) is 11.1 Å². The van der Waals surface area contributed by atoms with E-state index in [0.717, 1.165) is 16.5 Å². The van der Waals surface area contributed by atoms with Crippen LogP contribution in [0.5, 0.6) is 5.75 Å². The highest BCUT2D eigenvalue weighted by Gasteiger charge is 2.04. The molecular formula is C17H12O3. The zero-order chi connectivity index (χ0) is 13.9. The van der Waals surface area contributed by atoms with Gasteiger partial charge in [-0.2, -0.15) is 0 Å². The summed E-state index contributed by atoms with van der Waals surface area (Å²) in [5, 5.41) is 10.2. The molecule has 3 rings (SSSR count). The molecule has 0 aliphatic heterocycles. The zero-order valence-electron chi connectivity index (χ0n) is 10.6. The van der Waals surface area contributed by atoms with E-state index in [9.17, 15) is 9.90 Å². The number of aromatic hydroxyl groups is 1. The van der Waals surface area contributed by atoms with E-state index in [4.69, 9.17) is 4.42 Å². The maximum absolute atomic E-state index is 11.5. The van der Waals surface area contributed by atoms with Crippen molar-refractivity contribution in [3.05, 3.63) is 76.1 Å². The molecule has 0 fully saturated rings. The molecule has 3 nitrogen and oxygen atoms in total. The van der Waals surface area contributed by atoms with Gasteiger partial charge >= 0.3 is 5.63 Å². The first-order valence-electron chi connectivity index (χ1n) is 6.22. The van der Waals surface area contributed by atoms with Crippen molar-refractivity contribution >= 4 is 23.1 Å². The summed E-state index contributed by atoms with van der Waals surface area (Å²) in [5.41, 5.74) is 1.76. The highest BCUT2D eigenvalue weighted by Crippen LogP contribution is 2.23. The Hall–Kier alpha value is -2.81. The molecule has 0 saturated heterocycles. The molecule has 98 valence electrons. The fourth-order valence-corrected chi connectivity index (χ4v) is 2.06. The van der Waals surface area contributed by atoms with Crippen LogP contribution in [0.4, 0.5) is 0 Å². The lowest BCUT2D eigenvalue weighted by Gasteiger charge is -2.01. The maximum Gasteiger partial charge on any atom is 0.336 e. The number of hydrogen-bond donors (Lipinski definition) is 1. The molecule has 0 unspecified atom stereocenters. The third-order valence-electron chi connectivity index (χ3n) is 3.02. The monoisotopic (exact) mass is 264 g/mol. The van der Waals surface area contributed by atoms with Crippen molar-refractivity contribution in [3.8, 4) is 5.75 Å². The van der Waals surface area contributed by atoms with Crippen LogP contribution in [0.3, 0.4) is 0 Å². The van der Waals surface area contributed by atoms with E-state index < -0.39 is 5.63 Å². The summed E-state index contributed by atoms with van der Waals surface area (Å²) in [6.07, 6.45) is 3.80. The number of phenols is 1. The molecule has 3 heteroatoms. The second-order valence-electron chi connectivity index (χ2n) is 4.45. The van der Waals surface area contributed by atoms with Crippen LogP contribution in [0.2, 0.25) is 0 Å². The van der Waals surface area contributed by atoms with Crippen LogP contribution in [0.25, 0.3) is 23.1 Å². The molecule has 0 saturated carbocycles. The summed E-state index contributed by atoms with van der Waals surface area (Å²) in [4.78, 5) is 11.5. The Balaban J connectivity index is 2.12. The van der Waals surface area contributed by atoms with Crippen molar-refractivity contribution in [2.24, 2.45) is 0 Å². The van der Waals surface area contributed by atoms with Gasteiger partial charge < -0.3 is 9.52 Å². The van der Waals surface area contributed by atoms with E-state index >= 15 is 0 Å². The van der Waals surface area contributed by atoms with Crippen LogP contribution in [0.15, 0.2) is 63.8 Å². The van der Waals surface area contributed by atoms with Gasteiger partial charge in [0.1, 0.15) is 11.3 Å². The minimum atomic E-state index is -0.434. The molecule has 20 heavy (non-hydrogen) atoms. The highest BCUT2D eigenvalue weighted by molar-refractivity contribution is 5.89. The molecule has 1 heterocycles. The Morgan fingerprint density at radius 3 is 2.55 bits per heavy atom. The van der Waals surface area contributed by atoms with Crippen molar-refractivity contribution < 1.29 is 9.52 Å². The first-order chi connectivity index (χ1) is 9.72. The molecule has 0 aliphatic rings. The first kappa shape index (κ1) is 12.2. The number of hydrogen-bond acceptors (Lipinski definition) is 3. The van der Waals surface area contributed by atoms with Gasteiger partial charge in [0.15, 0.2) is 0 Å². The van der Waals surface area contributed by atoms with E-state index in [-0.39, 0.29) is 5.75 Å². The predicted octanol–water partition coefficient (Wildman–Crippen LogP) is 3.67. The lowest BCUT2D eigenvalue weighted by molar-refractivity contribution is 0.473. The van der Waals surface area contributed by atoms with Gasteiger partial charge in [-0.3, -0.25) is 0 Å². The normalized spacial score (nSPS) is 11.2. The Labute approximate surface area is 115 Å². The molecule has 2 aromatic carbocycles. The number of phenolic OH excluding ortho intramolecular Hbond substituents is 1. The SMILES string of the molecule is O=c1cc(/C=C/c2ccccc2)c2ccc(O)cc2o1. The Kier molecular flexibility index (Phi) is 3.09. The molecule has 3 aromatic rings. The highest BCUT2D eigenvalue weighted by atomic mass is 16.4. The molecule has 1 N–H and O–H groups in total. The predicted molar refractivity (Wildman–Crippen MR) is 79.5 cm³/mol. The van der Waals surface area contributed by atoms with Crippen LogP contribution in [0, 0.1) is 0 Å². The van der Waals surface area contributed by atoms with Gasteiger partial charge in [-0.15, -0.1) is 0 Å². The van der Waals surface area contributed by atoms with Gasteiger partial charge in [0.05, 0.1) is 0 Å². The number of rotatable bonds is 2. The summed E-state index contributed by atoms with van der Waals surface area (Å²) in [5.74, 6) is 0.0739. The Bertz CT molecular complexity index is 830. The van der Waals surface area contributed by atoms with Crippen molar-refractivity contribution in [1.82, 2.24) is 0 Å². The van der Waals surface area contributed by atoms with E-state index in [1.807, 2.05) is 42.5 Å². The summed E-state index contributed by atoms with van der Waals surface area (Å²) in [7, 11) is 0. The van der Waals surface area contributed by atoms with E-state index in [2.05, 4.69) is 0 Å². The second kappa shape index (κ2) is 5.05. The van der Waals surface area contributed by atoms with Crippen molar-refractivity contribution in [3.63, 3.8) is 0 Å². The molecule has 0 atom stereocenters. The van der Waals surface area contributed by atoms with E-state index in [1.54, 1.807) is 12.1 Å². The van der Waals surface area contributed by atoms with Crippen molar-refractivity contribution in [2.45, 2.75) is 0 Å². The van der Waals surface area contributed by atoms with Gasteiger partial charge in [-0.05, 0) is 23.3 Å². The van der Waals surface area contributed by atoms with Gasteiger partial charge in [0.2, 0.25) is 0 Å². The fraction of sp³-hybridized carbons (Fsp3) is 0. The Morgan fingerprint density at radius 2 is 1.75 bits per heavy atom. The summed E-state index contributed by atoms with van der Waals surface area (Å²) < 4.78 is 5.09.